The molecule has 0 aliphatic heterocycles. The van der Waals surface area contributed by atoms with Gasteiger partial charge in [-0.2, -0.15) is 0 Å². The number of thioether (sulfide) groups is 1. The van der Waals surface area contributed by atoms with E-state index in [1.807, 2.05) is 13.0 Å². The fourth-order valence-electron chi connectivity index (χ4n) is 1.91. The van der Waals surface area contributed by atoms with E-state index in [1.165, 1.54) is 11.8 Å². The van der Waals surface area contributed by atoms with E-state index in [0.717, 1.165) is 16.0 Å². The first-order chi connectivity index (χ1) is 9.51. The van der Waals surface area contributed by atoms with Crippen LogP contribution in [0.1, 0.15) is 25.1 Å². The molecule has 0 aliphatic carbocycles. The van der Waals surface area contributed by atoms with Crippen LogP contribution in [0.3, 0.4) is 0 Å². The van der Waals surface area contributed by atoms with Crippen molar-refractivity contribution in [1.29, 1.82) is 0 Å². The van der Waals surface area contributed by atoms with Crippen LogP contribution in [-0.4, -0.2) is 26.9 Å². The number of carboxylic acids is 1. The number of aliphatic carboxylic acids is 1. The van der Waals surface area contributed by atoms with Crippen LogP contribution in [0.5, 0.6) is 0 Å². The van der Waals surface area contributed by atoms with Gasteiger partial charge in [0, 0.05) is 15.3 Å². The lowest BCUT2D eigenvalue weighted by molar-refractivity contribution is -0.139. The quantitative estimate of drug-likeness (QED) is 0.827. The minimum absolute atomic E-state index is 0.358. The molecule has 1 atom stereocenters. The lowest BCUT2D eigenvalue weighted by Crippen LogP contribution is -2.08. The molecule has 106 valence electrons. The second kappa shape index (κ2) is 6.43. The van der Waals surface area contributed by atoms with Crippen LogP contribution in [0.25, 0.3) is 10.9 Å². The Bertz CT molecular complexity index is 648. The van der Waals surface area contributed by atoms with Crippen molar-refractivity contribution >= 4 is 40.2 Å². The number of fused-ring (bicyclic) bond motifs is 1. The number of aromatic nitrogens is 1. The zero-order chi connectivity index (χ0) is 14.7. The fourth-order valence-corrected chi connectivity index (χ4v) is 2.95. The average Bonchev–Trinajstić information content (AvgIpc) is 2.37. The Morgan fingerprint density at radius 3 is 2.85 bits per heavy atom. The van der Waals surface area contributed by atoms with Gasteiger partial charge >= 0.3 is 5.97 Å². The first-order valence-corrected chi connectivity index (χ1v) is 7.50. The molecule has 1 aromatic carbocycles. The molecule has 1 aromatic heterocycles. The topological polar surface area (TPSA) is 70.4 Å². The van der Waals surface area contributed by atoms with Gasteiger partial charge in [-0.05, 0) is 30.0 Å². The number of nitrogens with zero attached hydrogens (tertiary/aromatic N) is 1. The van der Waals surface area contributed by atoms with Crippen LogP contribution in [0.15, 0.2) is 29.2 Å². The molecule has 0 aliphatic rings. The third-order valence-corrected chi connectivity index (χ3v) is 3.91. The van der Waals surface area contributed by atoms with Crippen molar-refractivity contribution in [1.82, 2.24) is 4.98 Å². The monoisotopic (exact) mass is 311 g/mol. The number of carbonyl (C=O) groups is 1. The molecule has 0 bridgehead atoms. The van der Waals surface area contributed by atoms with Crippen molar-refractivity contribution in [2.75, 3.05) is 5.75 Å². The normalized spacial score (nSPS) is 12.6. The zero-order valence-corrected chi connectivity index (χ0v) is 12.4. The maximum Gasteiger partial charge on any atom is 0.306 e. The van der Waals surface area contributed by atoms with Crippen LogP contribution < -0.4 is 0 Å². The summed E-state index contributed by atoms with van der Waals surface area (Å²) in [7, 11) is 0. The summed E-state index contributed by atoms with van der Waals surface area (Å²) in [5.41, 5.74) is 1.10. The number of aliphatic hydroxyl groups is 1. The highest BCUT2D eigenvalue weighted by molar-refractivity contribution is 7.99. The summed E-state index contributed by atoms with van der Waals surface area (Å²) in [6.45, 7) is 1.99. The van der Waals surface area contributed by atoms with E-state index in [2.05, 4.69) is 4.98 Å². The van der Waals surface area contributed by atoms with E-state index in [-0.39, 0.29) is 6.42 Å². The summed E-state index contributed by atoms with van der Waals surface area (Å²) in [5.74, 6) is -0.247. The van der Waals surface area contributed by atoms with Crippen LogP contribution in [-0.2, 0) is 4.79 Å². The van der Waals surface area contributed by atoms with Gasteiger partial charge in [-0.15, -0.1) is 11.8 Å². The van der Waals surface area contributed by atoms with E-state index in [1.54, 1.807) is 18.2 Å². The molecule has 2 aromatic rings. The van der Waals surface area contributed by atoms with E-state index in [0.29, 0.717) is 16.2 Å². The fraction of sp³-hybridized carbons (Fsp3) is 0.286. The molecule has 2 rings (SSSR count). The second-order valence-corrected chi connectivity index (χ2v) is 6.00. The smallest absolute Gasteiger partial charge is 0.306 e. The Hall–Kier alpha value is -1.30. The molecular weight excluding hydrogens is 298 g/mol. The Balaban J connectivity index is 2.52. The molecule has 6 heteroatoms. The van der Waals surface area contributed by atoms with Crippen LogP contribution in [0.2, 0.25) is 5.02 Å². The molecular formula is C14H14ClNO3S. The van der Waals surface area contributed by atoms with Gasteiger partial charge in [0.2, 0.25) is 0 Å². The van der Waals surface area contributed by atoms with Gasteiger partial charge in [-0.25, -0.2) is 4.98 Å². The molecule has 0 radical (unpaired) electrons. The Morgan fingerprint density at radius 2 is 2.20 bits per heavy atom. The van der Waals surface area contributed by atoms with E-state index in [4.69, 9.17) is 16.7 Å². The van der Waals surface area contributed by atoms with E-state index >= 15 is 0 Å². The Kier molecular flexibility index (Phi) is 4.86. The highest BCUT2D eigenvalue weighted by Gasteiger charge is 2.18. The number of hydrogen-bond acceptors (Lipinski definition) is 4. The Labute approximate surface area is 125 Å². The van der Waals surface area contributed by atoms with Crippen LogP contribution in [0, 0.1) is 0 Å². The van der Waals surface area contributed by atoms with Gasteiger partial charge in [-0.1, -0.05) is 18.5 Å². The van der Waals surface area contributed by atoms with Crippen molar-refractivity contribution in [3.63, 3.8) is 0 Å². The van der Waals surface area contributed by atoms with Crippen molar-refractivity contribution in [3.05, 3.63) is 35.0 Å². The maximum atomic E-state index is 10.7. The number of carboxylic acid groups (broad SMARTS) is 1. The number of halogens is 1. The van der Waals surface area contributed by atoms with Gasteiger partial charge in [-0.3, -0.25) is 4.79 Å². The third-order valence-electron chi connectivity index (χ3n) is 2.75. The van der Waals surface area contributed by atoms with Crippen molar-refractivity contribution in [3.8, 4) is 0 Å². The molecule has 1 unspecified atom stereocenters. The van der Waals surface area contributed by atoms with Crippen molar-refractivity contribution in [2.24, 2.45) is 0 Å². The molecule has 0 fully saturated rings. The second-order valence-electron chi connectivity index (χ2n) is 4.26. The van der Waals surface area contributed by atoms with E-state index in [9.17, 15) is 9.90 Å². The number of rotatable bonds is 5. The summed E-state index contributed by atoms with van der Waals surface area (Å²) in [6.07, 6.45) is -1.47. The molecule has 0 spiro atoms. The number of pyridine rings is 1. The SMILES string of the molecule is CCSc1cc2cc(Cl)ccc2nc1C(O)CC(=O)O. The van der Waals surface area contributed by atoms with Gasteiger partial charge < -0.3 is 10.2 Å². The van der Waals surface area contributed by atoms with Gasteiger partial charge in [0.1, 0.15) is 6.10 Å². The summed E-state index contributed by atoms with van der Waals surface area (Å²) in [4.78, 5) is 15.9. The minimum Gasteiger partial charge on any atom is -0.481 e. The highest BCUT2D eigenvalue weighted by atomic mass is 35.5. The number of benzene rings is 1. The first-order valence-electron chi connectivity index (χ1n) is 6.14. The third kappa shape index (κ3) is 3.42. The summed E-state index contributed by atoms with van der Waals surface area (Å²) >= 11 is 7.48. The lowest BCUT2D eigenvalue weighted by atomic mass is 10.1. The Morgan fingerprint density at radius 1 is 1.45 bits per heavy atom. The predicted octanol–water partition coefficient (Wildman–Crippen LogP) is 3.51. The molecule has 2 N–H and O–H groups in total. The number of hydrogen-bond donors (Lipinski definition) is 2. The van der Waals surface area contributed by atoms with Crippen molar-refractivity contribution < 1.29 is 15.0 Å². The van der Waals surface area contributed by atoms with E-state index < -0.39 is 12.1 Å². The zero-order valence-electron chi connectivity index (χ0n) is 10.8. The average molecular weight is 312 g/mol. The van der Waals surface area contributed by atoms with Crippen LogP contribution in [0.4, 0.5) is 0 Å². The predicted molar refractivity (Wildman–Crippen MR) is 80.4 cm³/mol. The lowest BCUT2D eigenvalue weighted by Gasteiger charge is -2.14. The largest absolute Gasteiger partial charge is 0.481 e. The van der Waals surface area contributed by atoms with Gasteiger partial charge in [0.15, 0.2) is 0 Å². The van der Waals surface area contributed by atoms with Crippen LogP contribution >= 0.6 is 23.4 Å². The highest BCUT2D eigenvalue weighted by Crippen LogP contribution is 2.31. The molecule has 0 amide bonds. The van der Waals surface area contributed by atoms with Crippen molar-refractivity contribution in [2.45, 2.75) is 24.3 Å². The molecule has 0 saturated heterocycles. The summed E-state index contributed by atoms with van der Waals surface area (Å²) in [5, 5.41) is 20.3. The number of aliphatic hydroxyl groups excluding tert-OH is 1. The molecule has 4 nitrogen and oxygen atoms in total. The summed E-state index contributed by atoms with van der Waals surface area (Å²) in [6, 6.07) is 7.17. The van der Waals surface area contributed by atoms with Gasteiger partial charge in [0.25, 0.3) is 0 Å². The summed E-state index contributed by atoms with van der Waals surface area (Å²) < 4.78 is 0. The van der Waals surface area contributed by atoms with Gasteiger partial charge in [0.05, 0.1) is 17.6 Å². The molecule has 20 heavy (non-hydrogen) atoms. The minimum atomic E-state index is -1.11. The maximum absolute atomic E-state index is 10.7. The molecule has 1 heterocycles. The molecule has 0 saturated carbocycles. The first kappa shape index (κ1) is 15.1. The standard InChI is InChI=1S/C14H14ClNO3S/c1-2-20-12-6-8-5-9(15)3-4-10(8)16-14(12)11(17)7-13(18)19/h3-6,11,17H,2,7H2,1H3,(H,18,19).